The van der Waals surface area contributed by atoms with Crippen LogP contribution < -0.4 is 14.7 Å². The lowest BCUT2D eigenvalue weighted by atomic mass is 9.52. The van der Waals surface area contributed by atoms with Gasteiger partial charge in [0.05, 0.1) is 16.6 Å². The summed E-state index contributed by atoms with van der Waals surface area (Å²) in [4.78, 5) is 8.44. The Hall–Kier alpha value is -10.2. The molecule has 6 atom stereocenters. The fraction of sp³-hybridized carbons (Fsp3) is 0.308. The predicted octanol–water partition coefficient (Wildman–Crippen LogP) is 30.1. The van der Waals surface area contributed by atoms with E-state index in [9.17, 15) is 0 Å². The average Bonchev–Trinajstić information content (AvgIpc) is 1.52. The van der Waals surface area contributed by atoms with E-state index >= 15 is 0 Å². The van der Waals surface area contributed by atoms with Gasteiger partial charge < -0.3 is 14.7 Å². The number of benzene rings is 13. The van der Waals surface area contributed by atoms with Gasteiger partial charge in [0.25, 0.3) is 0 Å². The first kappa shape index (κ1) is 67.9. The van der Waals surface area contributed by atoms with Crippen LogP contribution in [0.25, 0.3) is 120 Å². The lowest BCUT2D eigenvalue weighted by Gasteiger charge is -2.59. The van der Waals surface area contributed by atoms with Gasteiger partial charge in [-0.2, -0.15) is 0 Å². The fourth-order valence-electron chi connectivity index (χ4n) is 26.3. The maximum absolute atomic E-state index is 2.82. The molecule has 3 fully saturated rings. The molecule has 0 bridgehead atoms. The van der Waals surface area contributed by atoms with Gasteiger partial charge in [-0.15, -0.1) is 0 Å². The zero-order valence-electron chi connectivity index (χ0n) is 66.7. The highest BCUT2D eigenvalue weighted by atomic mass is 15.3. The van der Waals surface area contributed by atoms with Crippen LogP contribution in [0, 0.1) is 16.2 Å². The van der Waals surface area contributed by atoms with Crippen molar-refractivity contribution in [2.45, 2.75) is 193 Å². The summed E-state index contributed by atoms with van der Waals surface area (Å²) in [5.41, 5.74) is 24.6. The Labute approximate surface area is 651 Å². The van der Waals surface area contributed by atoms with Crippen LogP contribution in [0.3, 0.4) is 0 Å². The smallest absolute Gasteiger partial charge is 0.0594 e. The molecule has 0 saturated heterocycles. The summed E-state index contributed by atoms with van der Waals surface area (Å²) in [5, 5.41) is 16.0. The molecule has 3 aliphatic carbocycles. The van der Waals surface area contributed by atoms with E-state index in [1.807, 2.05) is 0 Å². The minimum atomic E-state index is -0.141. The molecule has 3 aliphatic heterocycles. The van der Waals surface area contributed by atoms with Crippen LogP contribution in [-0.2, 0) is 16.2 Å². The van der Waals surface area contributed by atoms with Gasteiger partial charge >= 0.3 is 0 Å². The Morgan fingerprint density at radius 3 is 0.873 bits per heavy atom. The van der Waals surface area contributed by atoms with Gasteiger partial charge in [-0.05, 0) is 265 Å². The molecule has 3 heteroatoms. The first-order valence-electron chi connectivity index (χ1n) is 41.6. The number of hydrogen-bond acceptors (Lipinski definition) is 3. The molecule has 0 spiro atoms. The van der Waals surface area contributed by atoms with E-state index in [0.29, 0.717) is 0 Å². The molecule has 0 amide bonds. The highest BCUT2D eigenvalue weighted by Crippen LogP contribution is 2.71. The van der Waals surface area contributed by atoms with Crippen molar-refractivity contribution in [1.82, 2.24) is 0 Å². The fourth-order valence-corrected chi connectivity index (χ4v) is 26.3. The predicted molar refractivity (Wildman–Crippen MR) is 471 cm³/mol. The summed E-state index contributed by atoms with van der Waals surface area (Å²) < 4.78 is 0. The molecular weight excluding hydrogens is 1330 g/mol. The van der Waals surface area contributed by atoms with Crippen molar-refractivity contribution < 1.29 is 0 Å². The molecule has 3 heterocycles. The number of hydrogen-bond donors (Lipinski definition) is 0. The molecule has 0 radical (unpaired) electrons. The number of rotatable bonds is 8. The Bertz CT molecular complexity index is 5960. The lowest BCUT2D eigenvalue weighted by molar-refractivity contribution is 0.0607. The van der Waals surface area contributed by atoms with E-state index in [1.54, 1.807) is 0 Å². The van der Waals surface area contributed by atoms with E-state index in [1.165, 1.54) is 210 Å². The van der Waals surface area contributed by atoms with E-state index < -0.39 is 0 Å². The Kier molecular flexibility index (Phi) is 14.5. The number of fused-ring (bicyclic) bond motifs is 15. The zero-order chi connectivity index (χ0) is 75.0. The van der Waals surface area contributed by atoms with Gasteiger partial charge in [0.1, 0.15) is 0 Å². The van der Waals surface area contributed by atoms with Crippen molar-refractivity contribution in [2.24, 2.45) is 16.2 Å². The van der Waals surface area contributed by atoms with Gasteiger partial charge in [-0.1, -0.05) is 310 Å². The van der Waals surface area contributed by atoms with Crippen molar-refractivity contribution in [3.05, 3.63) is 278 Å². The summed E-state index contributed by atoms with van der Waals surface area (Å²) in [6.07, 6.45) is 14.3. The van der Waals surface area contributed by atoms with Crippen LogP contribution in [-0.4, -0.2) is 16.6 Å². The van der Waals surface area contributed by atoms with Crippen LogP contribution in [0.15, 0.2) is 261 Å². The number of anilines is 6. The summed E-state index contributed by atoms with van der Waals surface area (Å²) in [6, 6.07) is 103. The van der Waals surface area contributed by atoms with Gasteiger partial charge in [0.2, 0.25) is 0 Å². The van der Waals surface area contributed by atoms with Crippen molar-refractivity contribution in [3.8, 4) is 55.6 Å². The standard InChI is InChI=1S/C107H103N3/c1-99(2,3)105-62-31-28-59-102(105,10)84-65-70(47-56-87(84)108(105)73-39-22-15-23-40-73)76-50-53-81-92-79(76)45-34-46-80(92)95-90(68-35-18-13-19-36-68)97-82-54-51-77(71-48-57-88-85(66-71)103(11)60-29-32-63-106(103,100(4,5)6)109(88)74-41-24-16-25-42-74)93-78(52-55-83(94(82)93)98(97)91(96(81)95)69-37-20-14-21-38-69)72-49-58-89-86(67-72)104(12)61-30-33-64-107(104,101(7,8)9)110(89)75-43-26-17-27-44-75/h13-27,34-58,65-67H,28-33,59-64H2,1-12H3. The molecule has 15 aromatic rings. The summed E-state index contributed by atoms with van der Waals surface area (Å²) >= 11 is 0. The van der Waals surface area contributed by atoms with Crippen molar-refractivity contribution in [1.29, 1.82) is 0 Å². The van der Waals surface area contributed by atoms with Crippen LogP contribution in [0.4, 0.5) is 34.1 Å². The van der Waals surface area contributed by atoms with Crippen molar-refractivity contribution in [2.75, 3.05) is 14.7 Å². The molecule has 0 N–H and O–H groups in total. The SMILES string of the molecule is CC(C)(C)C12CCCCC1(C)c1cc(-c3ccc4c5c(-c6ccccc6)c6c7ccc(-c8ccc9c(c8)C8(C)CCCCC8(C(C)(C)C)N9c8ccccc8)c8c(-c9ccc%10c(c9)C9(C)CCCCC9(C(C)(C)C)N%10c9ccccc9)ccc(c6c(-c6ccccc6)c5c5cccc3c54)c87)ccc1N2c1ccccc1. The second-order valence-electron chi connectivity index (χ2n) is 38.1. The topological polar surface area (TPSA) is 9.72 Å². The van der Waals surface area contributed by atoms with Crippen LogP contribution >= 0.6 is 0 Å². The minimum Gasteiger partial charge on any atom is -0.334 e. The summed E-state index contributed by atoms with van der Waals surface area (Å²) in [7, 11) is 0. The van der Waals surface area contributed by atoms with Gasteiger partial charge in [0, 0.05) is 50.4 Å². The van der Waals surface area contributed by atoms with Crippen molar-refractivity contribution in [3.63, 3.8) is 0 Å². The second-order valence-corrected chi connectivity index (χ2v) is 38.1. The van der Waals surface area contributed by atoms with Crippen LogP contribution in [0.1, 0.15) is 177 Å². The van der Waals surface area contributed by atoms with Crippen molar-refractivity contribution >= 4 is 98.8 Å². The molecular formula is C107H103N3. The first-order valence-corrected chi connectivity index (χ1v) is 41.6. The zero-order valence-corrected chi connectivity index (χ0v) is 66.7. The Morgan fingerprint density at radius 1 is 0.236 bits per heavy atom. The maximum atomic E-state index is 2.82. The molecule has 6 unspecified atom stereocenters. The third-order valence-electron chi connectivity index (χ3n) is 30.4. The molecule has 110 heavy (non-hydrogen) atoms. The number of para-hydroxylation sites is 3. The molecule has 0 aromatic heterocycles. The van der Waals surface area contributed by atoms with Crippen LogP contribution in [0.2, 0.25) is 0 Å². The summed E-state index contributed by atoms with van der Waals surface area (Å²) in [6.45, 7) is 30.6. The summed E-state index contributed by atoms with van der Waals surface area (Å²) in [5.74, 6) is 0. The third-order valence-corrected chi connectivity index (χ3v) is 30.4. The highest BCUT2D eigenvalue weighted by Gasteiger charge is 2.68. The van der Waals surface area contributed by atoms with Gasteiger partial charge in [-0.3, -0.25) is 0 Å². The monoisotopic (exact) mass is 1430 g/mol. The highest BCUT2D eigenvalue weighted by molar-refractivity contribution is 6.47. The molecule has 3 saturated carbocycles. The average molecular weight is 1430 g/mol. The number of nitrogens with zero attached hydrogens (tertiary/aromatic N) is 3. The molecule has 6 aliphatic rings. The third kappa shape index (κ3) is 8.58. The van der Waals surface area contributed by atoms with E-state index in [2.05, 4.69) is 359 Å². The van der Waals surface area contributed by atoms with Gasteiger partial charge in [-0.25, -0.2) is 0 Å². The normalized spacial score (nSPS) is 23.9. The molecule has 15 aromatic carbocycles. The molecule has 546 valence electrons. The largest absolute Gasteiger partial charge is 0.334 e. The Morgan fingerprint density at radius 2 is 0.527 bits per heavy atom. The van der Waals surface area contributed by atoms with Crippen LogP contribution in [0.5, 0.6) is 0 Å². The van der Waals surface area contributed by atoms with Gasteiger partial charge in [0.15, 0.2) is 0 Å². The Balaban J connectivity index is 0.859. The maximum Gasteiger partial charge on any atom is 0.0594 e. The van der Waals surface area contributed by atoms with E-state index in [-0.39, 0.29) is 49.1 Å². The first-order chi connectivity index (χ1) is 53.1. The lowest BCUT2D eigenvalue weighted by Crippen LogP contribution is -2.64. The quantitative estimate of drug-likeness (QED) is 0.150. The van der Waals surface area contributed by atoms with E-state index in [4.69, 9.17) is 0 Å². The molecule has 21 rings (SSSR count). The van der Waals surface area contributed by atoms with E-state index in [0.717, 1.165) is 38.5 Å². The second kappa shape index (κ2) is 23.4. The molecule has 3 nitrogen and oxygen atoms in total. The minimum absolute atomic E-state index is 0.00205.